The molecule has 3 N–H and O–H groups in total. The van der Waals surface area contributed by atoms with E-state index in [0.717, 1.165) is 18.2 Å². The predicted octanol–water partition coefficient (Wildman–Crippen LogP) is 1.44. The third kappa shape index (κ3) is 5.79. The summed E-state index contributed by atoms with van der Waals surface area (Å²) < 4.78 is 5.59. The Hall–Kier alpha value is -2.55. The van der Waals surface area contributed by atoms with Crippen molar-refractivity contribution in [3.63, 3.8) is 0 Å². The fraction of sp³-hybridized carbons (Fsp3) is 0.375. The van der Waals surface area contributed by atoms with Crippen molar-refractivity contribution in [1.29, 1.82) is 0 Å². The van der Waals surface area contributed by atoms with Gasteiger partial charge in [-0.2, -0.15) is 0 Å². The Balaban J connectivity index is 1.93. The van der Waals surface area contributed by atoms with E-state index < -0.39 is 5.25 Å². The molecule has 0 bridgehead atoms. The van der Waals surface area contributed by atoms with Gasteiger partial charge in [0, 0.05) is 13.3 Å². The molecular weight excluding hydrogens is 344 g/mol. The Kier molecular flexibility index (Phi) is 6.81. The molecule has 1 atom stereocenters. The van der Waals surface area contributed by atoms with Gasteiger partial charge in [0.15, 0.2) is 5.17 Å². The highest BCUT2D eigenvalue weighted by Crippen LogP contribution is 2.26. The van der Waals surface area contributed by atoms with Crippen molar-refractivity contribution >= 4 is 40.3 Å². The molecule has 1 aromatic carbocycles. The number of benzene rings is 1. The first kappa shape index (κ1) is 18.8. The molecule has 0 radical (unpaired) electrons. The molecule has 0 aliphatic carbocycles. The fourth-order valence-corrected chi connectivity index (χ4v) is 2.93. The zero-order valence-corrected chi connectivity index (χ0v) is 14.8. The summed E-state index contributed by atoms with van der Waals surface area (Å²) in [4.78, 5) is 35.0. The molecule has 1 saturated heterocycles. The SMILES string of the molecule is CCCOc1ccccc1NC(=O)C[C@@H]1S/C(=N/NC(C)=O)NC1=O. The monoisotopic (exact) mass is 364 g/mol. The summed E-state index contributed by atoms with van der Waals surface area (Å²) in [7, 11) is 0. The summed E-state index contributed by atoms with van der Waals surface area (Å²) in [6.45, 7) is 3.86. The average Bonchev–Trinajstić information content (AvgIpc) is 2.92. The highest BCUT2D eigenvalue weighted by molar-refractivity contribution is 8.15. The molecular formula is C16H20N4O4S. The van der Waals surface area contributed by atoms with Crippen LogP contribution in [0.4, 0.5) is 5.69 Å². The number of hydrogen-bond donors (Lipinski definition) is 3. The lowest BCUT2D eigenvalue weighted by molar-refractivity contribution is -0.122. The van der Waals surface area contributed by atoms with Crippen LogP contribution in [-0.2, 0) is 14.4 Å². The average molecular weight is 364 g/mol. The van der Waals surface area contributed by atoms with E-state index in [0.29, 0.717) is 18.0 Å². The quantitative estimate of drug-likeness (QED) is 0.635. The number of anilines is 1. The molecule has 8 nitrogen and oxygen atoms in total. The molecule has 25 heavy (non-hydrogen) atoms. The number of amides is 3. The first-order valence-corrected chi connectivity index (χ1v) is 8.71. The minimum atomic E-state index is -0.601. The van der Waals surface area contributed by atoms with Crippen LogP contribution in [0.1, 0.15) is 26.7 Å². The van der Waals surface area contributed by atoms with Crippen LogP contribution < -0.4 is 20.8 Å². The molecule has 0 aromatic heterocycles. The van der Waals surface area contributed by atoms with E-state index in [-0.39, 0.29) is 29.3 Å². The summed E-state index contributed by atoms with van der Waals surface area (Å²) in [6.07, 6.45) is 0.843. The fourth-order valence-electron chi connectivity index (χ4n) is 2.00. The summed E-state index contributed by atoms with van der Waals surface area (Å²) in [5.41, 5.74) is 2.81. The number of ether oxygens (including phenoxy) is 1. The molecule has 0 spiro atoms. The van der Waals surface area contributed by atoms with Gasteiger partial charge >= 0.3 is 0 Å². The van der Waals surface area contributed by atoms with Gasteiger partial charge < -0.3 is 15.4 Å². The number of thioether (sulfide) groups is 1. The van der Waals surface area contributed by atoms with Crippen LogP contribution in [0.3, 0.4) is 0 Å². The predicted molar refractivity (Wildman–Crippen MR) is 96.2 cm³/mol. The molecule has 0 saturated carbocycles. The van der Waals surface area contributed by atoms with Crippen molar-refractivity contribution in [3.05, 3.63) is 24.3 Å². The Labute approximate surface area is 149 Å². The van der Waals surface area contributed by atoms with Crippen LogP contribution in [-0.4, -0.2) is 34.7 Å². The van der Waals surface area contributed by atoms with Crippen molar-refractivity contribution in [2.75, 3.05) is 11.9 Å². The number of carbonyl (C=O) groups is 3. The highest BCUT2D eigenvalue weighted by Gasteiger charge is 2.32. The molecule has 1 aromatic rings. The lowest BCUT2D eigenvalue weighted by atomic mass is 10.2. The molecule has 9 heteroatoms. The molecule has 1 heterocycles. The van der Waals surface area contributed by atoms with Crippen molar-refractivity contribution in [1.82, 2.24) is 10.7 Å². The van der Waals surface area contributed by atoms with E-state index in [1.54, 1.807) is 18.2 Å². The Morgan fingerprint density at radius 1 is 1.36 bits per heavy atom. The van der Waals surface area contributed by atoms with E-state index in [2.05, 4.69) is 21.2 Å². The zero-order valence-electron chi connectivity index (χ0n) is 14.0. The van der Waals surface area contributed by atoms with Gasteiger partial charge in [0.25, 0.3) is 0 Å². The van der Waals surface area contributed by atoms with Crippen LogP contribution in [0.2, 0.25) is 0 Å². The topological polar surface area (TPSA) is 109 Å². The molecule has 2 rings (SSSR count). The number of hydrogen-bond acceptors (Lipinski definition) is 6. The maximum absolute atomic E-state index is 12.2. The maximum Gasteiger partial charge on any atom is 0.240 e. The van der Waals surface area contributed by atoms with Gasteiger partial charge in [0.2, 0.25) is 17.7 Å². The second-order valence-corrected chi connectivity index (χ2v) is 6.47. The minimum Gasteiger partial charge on any atom is -0.491 e. The number of rotatable bonds is 7. The van der Waals surface area contributed by atoms with Gasteiger partial charge in [-0.05, 0) is 18.6 Å². The molecule has 1 aliphatic heterocycles. The van der Waals surface area contributed by atoms with Crippen LogP contribution in [0.5, 0.6) is 5.75 Å². The molecule has 1 aliphatic rings. The van der Waals surface area contributed by atoms with E-state index in [1.807, 2.05) is 13.0 Å². The van der Waals surface area contributed by atoms with E-state index in [4.69, 9.17) is 4.74 Å². The highest BCUT2D eigenvalue weighted by atomic mass is 32.2. The lowest BCUT2D eigenvalue weighted by Gasteiger charge is -2.12. The maximum atomic E-state index is 12.2. The standard InChI is InChI=1S/C16H20N4O4S/c1-3-8-24-12-7-5-4-6-11(12)17-14(22)9-13-15(23)18-16(25-13)20-19-10(2)21/h4-7,13H,3,8-9H2,1-2H3,(H,17,22)(H,19,21)(H,18,20,23)/t13-/m0/s1. The number of amidine groups is 1. The van der Waals surface area contributed by atoms with Gasteiger partial charge in [0.1, 0.15) is 11.0 Å². The van der Waals surface area contributed by atoms with Gasteiger partial charge in [-0.1, -0.05) is 30.8 Å². The Morgan fingerprint density at radius 2 is 2.12 bits per heavy atom. The summed E-state index contributed by atoms with van der Waals surface area (Å²) >= 11 is 1.10. The molecule has 3 amide bonds. The zero-order chi connectivity index (χ0) is 18.2. The van der Waals surface area contributed by atoms with Crippen molar-refractivity contribution in [2.45, 2.75) is 31.9 Å². The van der Waals surface area contributed by atoms with E-state index >= 15 is 0 Å². The smallest absolute Gasteiger partial charge is 0.240 e. The molecule has 1 fully saturated rings. The van der Waals surface area contributed by atoms with Gasteiger partial charge in [-0.25, -0.2) is 5.43 Å². The normalized spacial score (nSPS) is 17.9. The van der Waals surface area contributed by atoms with Crippen LogP contribution >= 0.6 is 11.8 Å². The second-order valence-electron chi connectivity index (χ2n) is 5.28. The van der Waals surface area contributed by atoms with Gasteiger partial charge in [-0.3, -0.25) is 14.4 Å². The summed E-state index contributed by atoms with van der Waals surface area (Å²) in [6, 6.07) is 7.14. The largest absolute Gasteiger partial charge is 0.491 e. The Morgan fingerprint density at radius 3 is 2.84 bits per heavy atom. The van der Waals surface area contributed by atoms with Crippen LogP contribution in [0.15, 0.2) is 29.4 Å². The van der Waals surface area contributed by atoms with E-state index in [1.165, 1.54) is 6.92 Å². The second kappa shape index (κ2) is 9.07. The minimum absolute atomic E-state index is 0.0162. The van der Waals surface area contributed by atoms with Gasteiger partial charge in [0.05, 0.1) is 12.3 Å². The first-order chi connectivity index (χ1) is 12.0. The van der Waals surface area contributed by atoms with Gasteiger partial charge in [-0.15, -0.1) is 5.10 Å². The number of para-hydroxylation sites is 2. The van der Waals surface area contributed by atoms with Crippen molar-refractivity contribution in [2.24, 2.45) is 5.10 Å². The third-order valence-electron chi connectivity index (χ3n) is 3.08. The van der Waals surface area contributed by atoms with Crippen LogP contribution in [0.25, 0.3) is 0 Å². The number of carbonyl (C=O) groups excluding carboxylic acids is 3. The van der Waals surface area contributed by atoms with Crippen LogP contribution in [0, 0.1) is 0 Å². The summed E-state index contributed by atoms with van der Waals surface area (Å²) in [5.74, 6) is -0.373. The number of nitrogens with one attached hydrogen (secondary N) is 3. The number of nitrogens with zero attached hydrogens (tertiary/aromatic N) is 1. The Bertz CT molecular complexity index is 692. The van der Waals surface area contributed by atoms with Crippen molar-refractivity contribution < 1.29 is 19.1 Å². The number of hydrazone groups is 1. The molecule has 134 valence electrons. The third-order valence-corrected chi connectivity index (χ3v) is 4.17. The lowest BCUT2D eigenvalue weighted by Crippen LogP contribution is -2.29. The van der Waals surface area contributed by atoms with Crippen molar-refractivity contribution in [3.8, 4) is 5.75 Å². The first-order valence-electron chi connectivity index (χ1n) is 7.83. The summed E-state index contributed by atoms with van der Waals surface area (Å²) in [5, 5.41) is 8.71. The molecule has 0 unspecified atom stereocenters. The van der Waals surface area contributed by atoms with E-state index in [9.17, 15) is 14.4 Å².